The molecule has 0 fully saturated rings. The molecule has 3 rings (SSSR count). The van der Waals surface area contributed by atoms with E-state index in [1.54, 1.807) is 22.9 Å². The largest absolute Gasteiger partial charge is 0.377 e. The zero-order valence-electron chi connectivity index (χ0n) is 8.69. The Hall–Kier alpha value is -1.68. The molecule has 82 valence electrons. The molecule has 3 heterocycles. The standard InChI is InChI=1S/C12H11FN2O/c13-11-8-15-4-3-14-12(15)7-10(11)9-1-5-16-6-2-9/h1,3-4,7-8H,2,5-6H2. The molecule has 1 aliphatic heterocycles. The minimum atomic E-state index is -0.210. The highest BCUT2D eigenvalue weighted by molar-refractivity contribution is 5.69. The van der Waals surface area contributed by atoms with Crippen molar-refractivity contribution in [1.29, 1.82) is 0 Å². The summed E-state index contributed by atoms with van der Waals surface area (Å²) >= 11 is 0. The highest BCUT2D eigenvalue weighted by Crippen LogP contribution is 2.24. The Labute approximate surface area is 92.2 Å². The molecule has 3 nitrogen and oxygen atoms in total. The summed E-state index contributed by atoms with van der Waals surface area (Å²) < 4.78 is 20.7. The van der Waals surface area contributed by atoms with Crippen LogP contribution in [0.4, 0.5) is 4.39 Å². The number of hydrogen-bond acceptors (Lipinski definition) is 2. The number of ether oxygens (including phenoxy) is 1. The van der Waals surface area contributed by atoms with Crippen LogP contribution in [0.1, 0.15) is 12.0 Å². The van der Waals surface area contributed by atoms with Crippen LogP contribution in [-0.2, 0) is 4.74 Å². The van der Waals surface area contributed by atoms with E-state index in [1.165, 1.54) is 6.20 Å². The molecule has 2 aromatic heterocycles. The molecule has 0 N–H and O–H groups in total. The Morgan fingerprint density at radius 2 is 2.38 bits per heavy atom. The summed E-state index contributed by atoms with van der Waals surface area (Å²) in [6.45, 7) is 1.22. The summed E-state index contributed by atoms with van der Waals surface area (Å²) in [5.74, 6) is -0.210. The van der Waals surface area contributed by atoms with Crippen molar-refractivity contribution in [3.05, 3.63) is 42.1 Å². The maximum absolute atomic E-state index is 13.9. The number of hydrogen-bond donors (Lipinski definition) is 0. The summed E-state index contributed by atoms with van der Waals surface area (Å²) in [7, 11) is 0. The first-order valence-corrected chi connectivity index (χ1v) is 5.24. The van der Waals surface area contributed by atoms with Crippen molar-refractivity contribution in [2.24, 2.45) is 0 Å². The van der Waals surface area contributed by atoms with Gasteiger partial charge in [0.05, 0.1) is 13.2 Å². The average molecular weight is 218 g/mol. The quantitative estimate of drug-likeness (QED) is 0.734. The number of rotatable bonds is 1. The minimum absolute atomic E-state index is 0.210. The van der Waals surface area contributed by atoms with Gasteiger partial charge in [-0.1, -0.05) is 6.08 Å². The van der Waals surface area contributed by atoms with Crippen LogP contribution in [0, 0.1) is 5.82 Å². The van der Waals surface area contributed by atoms with Crippen molar-refractivity contribution in [3.8, 4) is 0 Å². The van der Waals surface area contributed by atoms with Crippen molar-refractivity contribution >= 4 is 11.2 Å². The van der Waals surface area contributed by atoms with Gasteiger partial charge >= 0.3 is 0 Å². The van der Waals surface area contributed by atoms with Crippen LogP contribution in [0.15, 0.2) is 30.7 Å². The van der Waals surface area contributed by atoms with E-state index in [0.717, 1.165) is 17.6 Å². The van der Waals surface area contributed by atoms with Gasteiger partial charge in [0.25, 0.3) is 0 Å². The fourth-order valence-electron chi connectivity index (χ4n) is 1.95. The highest BCUT2D eigenvalue weighted by Gasteiger charge is 2.12. The maximum atomic E-state index is 13.9. The van der Waals surface area contributed by atoms with Gasteiger partial charge in [0, 0.05) is 24.2 Å². The molecular weight excluding hydrogens is 207 g/mol. The number of fused-ring (bicyclic) bond motifs is 1. The molecule has 0 aliphatic carbocycles. The molecule has 0 atom stereocenters. The third kappa shape index (κ3) is 1.51. The topological polar surface area (TPSA) is 26.5 Å². The van der Waals surface area contributed by atoms with Gasteiger partial charge in [-0.15, -0.1) is 0 Å². The average Bonchev–Trinajstić information content (AvgIpc) is 2.76. The van der Waals surface area contributed by atoms with E-state index in [2.05, 4.69) is 4.98 Å². The Bertz CT molecular complexity index is 559. The molecule has 0 radical (unpaired) electrons. The third-order valence-electron chi connectivity index (χ3n) is 2.79. The van der Waals surface area contributed by atoms with Crippen LogP contribution in [0.3, 0.4) is 0 Å². The number of imidazole rings is 1. The molecule has 16 heavy (non-hydrogen) atoms. The zero-order chi connectivity index (χ0) is 11.0. The Kier molecular flexibility index (Phi) is 2.22. The Morgan fingerprint density at radius 1 is 1.44 bits per heavy atom. The number of pyridine rings is 1. The summed E-state index contributed by atoms with van der Waals surface area (Å²) in [4.78, 5) is 4.15. The van der Waals surface area contributed by atoms with E-state index in [0.29, 0.717) is 18.8 Å². The molecule has 0 spiro atoms. The van der Waals surface area contributed by atoms with Crippen molar-refractivity contribution in [2.45, 2.75) is 6.42 Å². The monoisotopic (exact) mass is 218 g/mol. The fraction of sp³-hybridized carbons (Fsp3) is 0.250. The number of halogens is 1. The molecule has 2 aromatic rings. The number of nitrogens with zero attached hydrogens (tertiary/aromatic N) is 2. The van der Waals surface area contributed by atoms with E-state index in [-0.39, 0.29) is 5.82 Å². The van der Waals surface area contributed by atoms with Crippen LogP contribution >= 0.6 is 0 Å². The van der Waals surface area contributed by atoms with Gasteiger partial charge in [-0.05, 0) is 18.1 Å². The first kappa shape index (κ1) is 9.54. The molecule has 0 saturated carbocycles. The van der Waals surface area contributed by atoms with Gasteiger partial charge in [-0.25, -0.2) is 9.37 Å². The van der Waals surface area contributed by atoms with Crippen molar-refractivity contribution in [2.75, 3.05) is 13.2 Å². The molecule has 0 saturated heterocycles. The number of aromatic nitrogens is 2. The van der Waals surface area contributed by atoms with Crippen molar-refractivity contribution < 1.29 is 9.13 Å². The Morgan fingerprint density at radius 3 is 3.19 bits per heavy atom. The van der Waals surface area contributed by atoms with Crippen molar-refractivity contribution in [1.82, 2.24) is 9.38 Å². The SMILES string of the molecule is Fc1cn2ccnc2cc1C1=CCOCC1. The molecule has 0 unspecified atom stereocenters. The van der Waals surface area contributed by atoms with Gasteiger partial charge in [-0.3, -0.25) is 0 Å². The van der Waals surface area contributed by atoms with Crippen molar-refractivity contribution in [3.63, 3.8) is 0 Å². The van der Waals surface area contributed by atoms with Crippen LogP contribution < -0.4 is 0 Å². The molecule has 0 bridgehead atoms. The minimum Gasteiger partial charge on any atom is -0.377 e. The first-order valence-electron chi connectivity index (χ1n) is 5.24. The second-order valence-corrected chi connectivity index (χ2v) is 3.78. The van der Waals surface area contributed by atoms with Crippen LogP contribution in [-0.4, -0.2) is 22.6 Å². The van der Waals surface area contributed by atoms with Crippen LogP contribution in [0.5, 0.6) is 0 Å². The molecule has 1 aliphatic rings. The lowest BCUT2D eigenvalue weighted by Gasteiger charge is -2.14. The lowest BCUT2D eigenvalue weighted by molar-refractivity contribution is 0.161. The van der Waals surface area contributed by atoms with Gasteiger partial charge in [0.1, 0.15) is 11.5 Å². The normalized spacial score (nSPS) is 16.4. The van der Waals surface area contributed by atoms with E-state index in [1.807, 2.05) is 6.08 Å². The van der Waals surface area contributed by atoms with Gasteiger partial charge < -0.3 is 9.14 Å². The van der Waals surface area contributed by atoms with E-state index < -0.39 is 0 Å². The van der Waals surface area contributed by atoms with Gasteiger partial charge in [0.15, 0.2) is 0 Å². The summed E-state index contributed by atoms with van der Waals surface area (Å²) in [6, 6.07) is 1.78. The molecular formula is C12H11FN2O. The van der Waals surface area contributed by atoms with E-state index in [9.17, 15) is 4.39 Å². The van der Waals surface area contributed by atoms with Gasteiger partial charge in [0.2, 0.25) is 0 Å². The smallest absolute Gasteiger partial charge is 0.147 e. The first-order chi connectivity index (χ1) is 7.84. The summed E-state index contributed by atoms with van der Waals surface area (Å²) in [5, 5.41) is 0. The second kappa shape index (κ2) is 3.72. The lowest BCUT2D eigenvalue weighted by Crippen LogP contribution is -2.05. The van der Waals surface area contributed by atoms with E-state index >= 15 is 0 Å². The molecule has 0 aromatic carbocycles. The second-order valence-electron chi connectivity index (χ2n) is 3.78. The Balaban J connectivity index is 2.14. The maximum Gasteiger partial charge on any atom is 0.147 e. The molecule has 4 heteroatoms. The van der Waals surface area contributed by atoms with Crippen LogP contribution in [0.2, 0.25) is 0 Å². The highest BCUT2D eigenvalue weighted by atomic mass is 19.1. The van der Waals surface area contributed by atoms with Crippen LogP contribution in [0.25, 0.3) is 11.2 Å². The molecule has 0 amide bonds. The fourth-order valence-corrected chi connectivity index (χ4v) is 1.95. The lowest BCUT2D eigenvalue weighted by atomic mass is 10.0. The third-order valence-corrected chi connectivity index (χ3v) is 2.79. The predicted octanol–water partition coefficient (Wildman–Crippen LogP) is 2.28. The van der Waals surface area contributed by atoms with E-state index in [4.69, 9.17) is 4.74 Å². The predicted molar refractivity (Wildman–Crippen MR) is 58.6 cm³/mol. The zero-order valence-corrected chi connectivity index (χ0v) is 8.69. The van der Waals surface area contributed by atoms with Gasteiger partial charge in [-0.2, -0.15) is 0 Å². The summed E-state index contributed by atoms with van der Waals surface area (Å²) in [6.07, 6.45) is 7.56. The summed E-state index contributed by atoms with van der Waals surface area (Å²) in [5.41, 5.74) is 2.42.